The van der Waals surface area contributed by atoms with E-state index in [1.807, 2.05) is 0 Å². The van der Waals surface area contributed by atoms with Crippen LogP contribution in [0, 0.1) is 0 Å². The molecule has 15 heavy (non-hydrogen) atoms. The van der Waals surface area contributed by atoms with Gasteiger partial charge in [-0.1, -0.05) is 12.6 Å². The average Bonchev–Trinajstić information content (AvgIpc) is 2.28. The van der Waals surface area contributed by atoms with Gasteiger partial charge in [-0.05, 0) is 18.2 Å². The van der Waals surface area contributed by atoms with Crippen molar-refractivity contribution in [3.63, 3.8) is 0 Å². The van der Waals surface area contributed by atoms with Crippen LogP contribution in [-0.2, 0) is 4.79 Å². The van der Waals surface area contributed by atoms with E-state index >= 15 is 0 Å². The predicted octanol–water partition coefficient (Wildman–Crippen LogP) is 1.83. The maximum Gasteiger partial charge on any atom is 0.247 e. The van der Waals surface area contributed by atoms with Gasteiger partial charge in [-0.15, -0.1) is 0 Å². The number of ether oxygens (including phenoxy) is 2. The maximum atomic E-state index is 11.1. The van der Waals surface area contributed by atoms with Crippen molar-refractivity contribution in [3.8, 4) is 11.5 Å². The summed E-state index contributed by atoms with van der Waals surface area (Å²) in [6.07, 6.45) is 1.19. The fraction of sp³-hybridized carbons (Fsp3) is 0.182. The van der Waals surface area contributed by atoms with Gasteiger partial charge >= 0.3 is 0 Å². The van der Waals surface area contributed by atoms with Crippen molar-refractivity contribution >= 4 is 11.6 Å². The SMILES string of the molecule is C=CC(=O)Nc1cccc(OC)c1OC. The third-order valence-electron chi connectivity index (χ3n) is 1.85. The molecule has 0 fully saturated rings. The standard InChI is InChI=1S/C11H13NO3/c1-4-10(13)12-8-6-5-7-9(14-2)11(8)15-3/h4-7H,1H2,2-3H3,(H,12,13). The molecule has 0 atom stereocenters. The quantitative estimate of drug-likeness (QED) is 0.766. The molecule has 0 aliphatic carbocycles. The highest BCUT2D eigenvalue weighted by molar-refractivity contribution is 6.00. The first kappa shape index (κ1) is 11.1. The molecule has 1 amide bonds. The highest BCUT2D eigenvalue weighted by Crippen LogP contribution is 2.34. The molecule has 0 aromatic heterocycles. The zero-order valence-corrected chi connectivity index (χ0v) is 8.74. The molecule has 0 heterocycles. The number of methoxy groups -OCH3 is 2. The van der Waals surface area contributed by atoms with Crippen LogP contribution in [0.4, 0.5) is 5.69 Å². The lowest BCUT2D eigenvalue weighted by atomic mass is 10.2. The van der Waals surface area contributed by atoms with Crippen molar-refractivity contribution < 1.29 is 14.3 Å². The average molecular weight is 207 g/mol. The van der Waals surface area contributed by atoms with Crippen LogP contribution >= 0.6 is 0 Å². The first-order valence-corrected chi connectivity index (χ1v) is 4.37. The Labute approximate surface area is 88.5 Å². The summed E-state index contributed by atoms with van der Waals surface area (Å²) in [6.45, 7) is 3.37. The van der Waals surface area contributed by atoms with Gasteiger partial charge in [-0.25, -0.2) is 0 Å². The smallest absolute Gasteiger partial charge is 0.247 e. The molecular weight excluding hydrogens is 194 g/mol. The second kappa shape index (κ2) is 5.05. The van der Waals surface area contributed by atoms with Crippen molar-refractivity contribution in [2.45, 2.75) is 0 Å². The van der Waals surface area contributed by atoms with E-state index in [0.29, 0.717) is 17.2 Å². The minimum Gasteiger partial charge on any atom is -0.493 e. The van der Waals surface area contributed by atoms with Gasteiger partial charge in [0.15, 0.2) is 11.5 Å². The van der Waals surface area contributed by atoms with Crippen molar-refractivity contribution in [2.24, 2.45) is 0 Å². The second-order valence-corrected chi connectivity index (χ2v) is 2.73. The molecule has 0 spiro atoms. The van der Waals surface area contributed by atoms with Crippen molar-refractivity contribution in [3.05, 3.63) is 30.9 Å². The minimum atomic E-state index is -0.290. The van der Waals surface area contributed by atoms with E-state index in [0.717, 1.165) is 0 Å². The van der Waals surface area contributed by atoms with Crippen LogP contribution < -0.4 is 14.8 Å². The Morgan fingerprint density at radius 2 is 2.13 bits per heavy atom. The molecule has 4 heteroatoms. The van der Waals surface area contributed by atoms with Crippen LogP contribution in [0.25, 0.3) is 0 Å². The topological polar surface area (TPSA) is 47.6 Å². The number of amides is 1. The van der Waals surface area contributed by atoms with Crippen LogP contribution in [0.1, 0.15) is 0 Å². The zero-order chi connectivity index (χ0) is 11.3. The number of rotatable bonds is 4. The summed E-state index contributed by atoms with van der Waals surface area (Å²) in [5.74, 6) is 0.774. The zero-order valence-electron chi connectivity index (χ0n) is 8.74. The van der Waals surface area contributed by atoms with E-state index < -0.39 is 0 Å². The highest BCUT2D eigenvalue weighted by Gasteiger charge is 2.10. The number of carbonyl (C=O) groups is 1. The first-order valence-electron chi connectivity index (χ1n) is 4.37. The predicted molar refractivity (Wildman–Crippen MR) is 58.4 cm³/mol. The van der Waals surface area contributed by atoms with Crippen LogP contribution in [-0.4, -0.2) is 20.1 Å². The summed E-state index contributed by atoms with van der Waals surface area (Å²) in [5.41, 5.74) is 0.557. The summed E-state index contributed by atoms with van der Waals surface area (Å²) >= 11 is 0. The van der Waals surface area contributed by atoms with Gasteiger partial charge in [0.25, 0.3) is 0 Å². The molecule has 4 nitrogen and oxygen atoms in total. The van der Waals surface area contributed by atoms with Crippen molar-refractivity contribution in [1.29, 1.82) is 0 Å². The fourth-order valence-electron chi connectivity index (χ4n) is 1.17. The highest BCUT2D eigenvalue weighted by atomic mass is 16.5. The van der Waals surface area contributed by atoms with Crippen molar-refractivity contribution in [1.82, 2.24) is 0 Å². The summed E-state index contributed by atoms with van der Waals surface area (Å²) in [4.78, 5) is 11.1. The Bertz CT molecular complexity index is 374. The van der Waals surface area contributed by atoms with E-state index in [9.17, 15) is 4.79 Å². The molecule has 1 N–H and O–H groups in total. The number of carbonyl (C=O) groups excluding carboxylic acids is 1. The van der Waals surface area contributed by atoms with Crippen molar-refractivity contribution in [2.75, 3.05) is 19.5 Å². The second-order valence-electron chi connectivity index (χ2n) is 2.73. The van der Waals surface area contributed by atoms with Gasteiger partial charge in [0.2, 0.25) is 5.91 Å². The first-order chi connectivity index (χ1) is 7.22. The van der Waals surface area contributed by atoms with Crippen LogP contribution in [0.3, 0.4) is 0 Å². The van der Waals surface area contributed by atoms with Crippen LogP contribution in [0.5, 0.6) is 11.5 Å². The molecule has 0 saturated carbocycles. The van der Waals surface area contributed by atoms with E-state index in [-0.39, 0.29) is 5.91 Å². The fourth-order valence-corrected chi connectivity index (χ4v) is 1.17. The molecule has 0 saturated heterocycles. The Morgan fingerprint density at radius 1 is 1.40 bits per heavy atom. The lowest BCUT2D eigenvalue weighted by Gasteiger charge is -2.12. The minimum absolute atomic E-state index is 0.290. The van der Waals surface area contributed by atoms with Gasteiger partial charge < -0.3 is 14.8 Å². The summed E-state index contributed by atoms with van der Waals surface area (Å²) in [5, 5.41) is 2.62. The third-order valence-corrected chi connectivity index (χ3v) is 1.85. The number of benzene rings is 1. The normalized spacial score (nSPS) is 9.20. The molecule has 1 rings (SSSR count). The molecular formula is C11H13NO3. The Hall–Kier alpha value is -1.97. The third kappa shape index (κ3) is 2.49. The van der Waals surface area contributed by atoms with E-state index in [4.69, 9.17) is 9.47 Å². The van der Waals surface area contributed by atoms with E-state index in [1.165, 1.54) is 20.3 Å². The number of anilines is 1. The van der Waals surface area contributed by atoms with Crippen LogP contribution in [0.15, 0.2) is 30.9 Å². The van der Waals surface area contributed by atoms with E-state index in [2.05, 4.69) is 11.9 Å². The van der Waals surface area contributed by atoms with Gasteiger partial charge in [0, 0.05) is 0 Å². The Morgan fingerprint density at radius 3 is 2.67 bits per heavy atom. The molecule has 1 aromatic rings. The number of hydrogen-bond donors (Lipinski definition) is 1. The Kier molecular flexibility index (Phi) is 3.74. The molecule has 80 valence electrons. The molecule has 0 aliphatic heterocycles. The summed E-state index contributed by atoms with van der Waals surface area (Å²) in [6, 6.07) is 5.24. The number of hydrogen-bond acceptors (Lipinski definition) is 3. The van der Waals surface area contributed by atoms with Gasteiger partial charge in [-0.2, -0.15) is 0 Å². The summed E-state index contributed by atoms with van der Waals surface area (Å²) in [7, 11) is 3.05. The Balaban J connectivity index is 3.05. The maximum absolute atomic E-state index is 11.1. The number of nitrogens with one attached hydrogen (secondary N) is 1. The van der Waals surface area contributed by atoms with Gasteiger partial charge in [0.1, 0.15) is 0 Å². The molecule has 0 bridgehead atoms. The number of para-hydroxylation sites is 1. The molecule has 0 aliphatic rings. The van der Waals surface area contributed by atoms with Crippen LogP contribution in [0.2, 0.25) is 0 Å². The van der Waals surface area contributed by atoms with E-state index in [1.54, 1.807) is 18.2 Å². The monoisotopic (exact) mass is 207 g/mol. The molecule has 0 unspecified atom stereocenters. The lowest BCUT2D eigenvalue weighted by Crippen LogP contribution is -2.08. The largest absolute Gasteiger partial charge is 0.493 e. The van der Waals surface area contributed by atoms with Gasteiger partial charge in [-0.3, -0.25) is 4.79 Å². The lowest BCUT2D eigenvalue weighted by molar-refractivity contribution is -0.111. The summed E-state index contributed by atoms with van der Waals surface area (Å²) < 4.78 is 10.2. The van der Waals surface area contributed by atoms with Gasteiger partial charge in [0.05, 0.1) is 19.9 Å². The molecule has 1 aromatic carbocycles. The molecule has 0 radical (unpaired) electrons.